The van der Waals surface area contributed by atoms with Gasteiger partial charge in [-0.3, -0.25) is 9.88 Å². The third-order valence-corrected chi connectivity index (χ3v) is 6.98. The first-order valence-corrected chi connectivity index (χ1v) is 12.0. The topological polar surface area (TPSA) is 56.7 Å². The van der Waals surface area contributed by atoms with Crippen molar-refractivity contribution in [2.24, 2.45) is 0 Å². The Balaban J connectivity index is 1.48. The standard InChI is InChI=1S/C28H30F3N3O2/c1-33-16-13-20-17-23(34(2)22-6-3-19(4-7-22)11-14-28(29,30)31)8-9-24(20)26(33)10-5-21-18-32-15-12-25(21)27(35)36/h3-4,6-9,12,15,17-18,26H,5,10-11,13-14,16H2,1-2H3,(H,35,36)/t26-/m0/s1. The van der Waals surface area contributed by atoms with Gasteiger partial charge >= 0.3 is 12.1 Å². The van der Waals surface area contributed by atoms with E-state index in [1.807, 2.05) is 24.1 Å². The number of anilines is 2. The number of aromatic nitrogens is 1. The van der Waals surface area contributed by atoms with E-state index in [9.17, 15) is 23.1 Å². The summed E-state index contributed by atoms with van der Waals surface area (Å²) in [7, 11) is 4.05. The molecule has 4 rings (SSSR count). The lowest BCUT2D eigenvalue weighted by molar-refractivity contribution is -0.134. The molecule has 0 spiro atoms. The molecule has 0 aliphatic carbocycles. The molecular weight excluding hydrogens is 467 g/mol. The van der Waals surface area contributed by atoms with Gasteiger partial charge in [-0.1, -0.05) is 18.2 Å². The summed E-state index contributed by atoms with van der Waals surface area (Å²) in [4.78, 5) is 20.0. The number of carboxylic acids is 1. The Bertz CT molecular complexity index is 1210. The van der Waals surface area contributed by atoms with E-state index >= 15 is 0 Å². The smallest absolute Gasteiger partial charge is 0.389 e. The van der Waals surface area contributed by atoms with Crippen LogP contribution in [0.5, 0.6) is 0 Å². The fourth-order valence-corrected chi connectivity index (χ4v) is 4.86. The molecule has 0 bridgehead atoms. The molecule has 1 aromatic heterocycles. The van der Waals surface area contributed by atoms with Gasteiger partial charge in [0.1, 0.15) is 0 Å². The lowest BCUT2D eigenvalue weighted by Crippen LogP contribution is -2.32. The number of benzene rings is 2. The van der Waals surface area contributed by atoms with Crippen LogP contribution < -0.4 is 4.90 Å². The van der Waals surface area contributed by atoms with Crippen molar-refractivity contribution in [3.63, 3.8) is 0 Å². The van der Waals surface area contributed by atoms with E-state index in [0.29, 0.717) is 17.5 Å². The number of hydrogen-bond acceptors (Lipinski definition) is 4. The number of rotatable bonds is 8. The molecule has 0 unspecified atom stereocenters. The van der Waals surface area contributed by atoms with Gasteiger partial charge in [-0.25, -0.2) is 4.79 Å². The molecule has 190 valence electrons. The van der Waals surface area contributed by atoms with E-state index in [-0.39, 0.29) is 12.5 Å². The summed E-state index contributed by atoms with van der Waals surface area (Å²) >= 11 is 0. The predicted octanol–water partition coefficient (Wildman–Crippen LogP) is 6.20. The second-order valence-corrected chi connectivity index (χ2v) is 9.35. The van der Waals surface area contributed by atoms with Gasteiger partial charge < -0.3 is 10.0 Å². The molecule has 0 saturated heterocycles. The van der Waals surface area contributed by atoms with Crippen LogP contribution in [0.15, 0.2) is 60.9 Å². The lowest BCUT2D eigenvalue weighted by atomic mass is 9.88. The Morgan fingerprint density at radius 1 is 1.11 bits per heavy atom. The van der Waals surface area contributed by atoms with E-state index in [2.05, 4.69) is 35.1 Å². The molecule has 5 nitrogen and oxygen atoms in total. The molecule has 1 N–H and O–H groups in total. The molecule has 3 aromatic rings. The van der Waals surface area contributed by atoms with Crippen molar-refractivity contribution in [3.8, 4) is 0 Å². The minimum atomic E-state index is -4.15. The average Bonchev–Trinajstić information content (AvgIpc) is 2.86. The quantitative estimate of drug-likeness (QED) is 0.401. The van der Waals surface area contributed by atoms with Crippen molar-refractivity contribution in [2.45, 2.75) is 44.3 Å². The Kier molecular flexibility index (Phi) is 7.64. The summed E-state index contributed by atoms with van der Waals surface area (Å²) in [6.07, 6.45) is 0.461. The van der Waals surface area contributed by atoms with Crippen molar-refractivity contribution in [2.75, 3.05) is 25.5 Å². The third-order valence-electron chi connectivity index (χ3n) is 6.98. The van der Waals surface area contributed by atoms with Crippen LogP contribution in [0.1, 0.15) is 51.5 Å². The molecule has 0 saturated carbocycles. The molecule has 2 aromatic carbocycles. The van der Waals surface area contributed by atoms with Gasteiger partial charge in [0.2, 0.25) is 0 Å². The number of alkyl halides is 3. The Labute approximate surface area is 209 Å². The van der Waals surface area contributed by atoms with Crippen molar-refractivity contribution >= 4 is 17.3 Å². The number of likely N-dealkylation sites (N-methyl/N-ethyl adjacent to an activating group) is 1. The van der Waals surface area contributed by atoms with Gasteiger partial charge in [-0.2, -0.15) is 13.2 Å². The number of carboxylic acid groups (broad SMARTS) is 1. The maximum absolute atomic E-state index is 12.5. The zero-order chi connectivity index (χ0) is 25.9. The zero-order valence-electron chi connectivity index (χ0n) is 20.4. The van der Waals surface area contributed by atoms with E-state index in [1.54, 1.807) is 24.4 Å². The Morgan fingerprint density at radius 3 is 2.53 bits per heavy atom. The monoisotopic (exact) mass is 497 g/mol. The van der Waals surface area contributed by atoms with Crippen LogP contribution in [0, 0.1) is 0 Å². The summed E-state index contributed by atoms with van der Waals surface area (Å²) in [6, 6.07) is 15.3. The fraction of sp³-hybridized carbons (Fsp3) is 0.357. The van der Waals surface area contributed by atoms with Gasteiger partial charge in [-0.15, -0.1) is 0 Å². The number of fused-ring (bicyclic) bond motifs is 1. The van der Waals surface area contributed by atoms with Crippen LogP contribution in [0.4, 0.5) is 24.5 Å². The highest BCUT2D eigenvalue weighted by molar-refractivity contribution is 5.89. The molecule has 1 atom stereocenters. The van der Waals surface area contributed by atoms with Crippen LogP contribution in [0.3, 0.4) is 0 Å². The largest absolute Gasteiger partial charge is 0.478 e. The molecule has 0 radical (unpaired) electrons. The number of aryl methyl sites for hydroxylation is 2. The first kappa shape index (κ1) is 25.7. The van der Waals surface area contributed by atoms with Gasteiger partial charge in [-0.05, 0) is 85.3 Å². The number of halogens is 3. The summed E-state index contributed by atoms with van der Waals surface area (Å²) < 4.78 is 37.5. The number of aromatic carboxylic acids is 1. The van der Waals surface area contributed by atoms with Gasteiger partial charge in [0.05, 0.1) is 5.56 Å². The van der Waals surface area contributed by atoms with Gasteiger partial charge in [0, 0.05) is 49.8 Å². The first-order valence-electron chi connectivity index (χ1n) is 12.0. The summed E-state index contributed by atoms with van der Waals surface area (Å²) in [5, 5.41) is 9.47. The van der Waals surface area contributed by atoms with Gasteiger partial charge in [0.25, 0.3) is 0 Å². The Hall–Kier alpha value is -3.39. The maximum atomic E-state index is 12.5. The molecule has 1 aliphatic heterocycles. The normalized spacial score (nSPS) is 16.0. The highest BCUT2D eigenvalue weighted by Crippen LogP contribution is 2.36. The summed E-state index contributed by atoms with van der Waals surface area (Å²) in [5.41, 5.74) is 6.12. The van der Waals surface area contributed by atoms with Crippen molar-refractivity contribution in [1.29, 1.82) is 0 Å². The maximum Gasteiger partial charge on any atom is 0.389 e. The van der Waals surface area contributed by atoms with E-state index in [1.165, 1.54) is 17.3 Å². The predicted molar refractivity (Wildman–Crippen MR) is 134 cm³/mol. The van der Waals surface area contributed by atoms with Crippen molar-refractivity contribution in [1.82, 2.24) is 9.88 Å². The van der Waals surface area contributed by atoms with Crippen molar-refractivity contribution < 1.29 is 23.1 Å². The average molecular weight is 498 g/mol. The van der Waals surface area contributed by atoms with E-state index in [4.69, 9.17) is 0 Å². The fourth-order valence-electron chi connectivity index (χ4n) is 4.86. The van der Waals surface area contributed by atoms with Crippen LogP contribution in [-0.2, 0) is 19.3 Å². The van der Waals surface area contributed by atoms with Gasteiger partial charge in [0.15, 0.2) is 0 Å². The first-order chi connectivity index (χ1) is 17.1. The molecule has 1 aliphatic rings. The molecule has 2 heterocycles. The molecular formula is C28H30F3N3O2. The van der Waals surface area contributed by atoms with Crippen LogP contribution in [0.25, 0.3) is 0 Å². The van der Waals surface area contributed by atoms with Crippen LogP contribution in [0.2, 0.25) is 0 Å². The van der Waals surface area contributed by atoms with Crippen molar-refractivity contribution in [3.05, 3.63) is 88.7 Å². The SMILES string of the molecule is CN(c1ccc(CCC(F)(F)F)cc1)c1ccc2c(c1)CCN(C)[C@H]2CCc1cnccc1C(=O)O. The van der Waals surface area contributed by atoms with E-state index < -0.39 is 18.6 Å². The molecule has 0 amide bonds. The second kappa shape index (κ2) is 10.7. The Morgan fingerprint density at radius 2 is 1.83 bits per heavy atom. The minimum Gasteiger partial charge on any atom is -0.478 e. The van der Waals surface area contributed by atoms with Crippen LogP contribution >= 0.6 is 0 Å². The summed E-state index contributed by atoms with van der Waals surface area (Å²) in [5.74, 6) is -0.939. The number of carbonyl (C=O) groups is 1. The minimum absolute atomic E-state index is 0.0196. The third kappa shape index (κ3) is 6.05. The molecule has 36 heavy (non-hydrogen) atoms. The highest BCUT2D eigenvalue weighted by atomic mass is 19.4. The number of pyridine rings is 1. The zero-order valence-corrected chi connectivity index (χ0v) is 20.4. The summed E-state index contributed by atoms with van der Waals surface area (Å²) in [6.45, 7) is 0.900. The van der Waals surface area contributed by atoms with Crippen LogP contribution in [-0.4, -0.2) is 47.8 Å². The lowest BCUT2D eigenvalue weighted by Gasteiger charge is -2.35. The highest BCUT2D eigenvalue weighted by Gasteiger charge is 2.27. The van der Waals surface area contributed by atoms with E-state index in [0.717, 1.165) is 36.3 Å². The molecule has 0 fully saturated rings. The second-order valence-electron chi connectivity index (χ2n) is 9.35. The molecule has 8 heteroatoms. The number of nitrogens with zero attached hydrogens (tertiary/aromatic N) is 3. The number of hydrogen-bond donors (Lipinski definition) is 1.